The number of carboxylic acids is 1. The van der Waals surface area contributed by atoms with Crippen molar-refractivity contribution in [3.63, 3.8) is 0 Å². The maximum Gasteiger partial charge on any atom is 0.323 e. The van der Waals surface area contributed by atoms with E-state index in [1.165, 1.54) is 0 Å². The zero-order valence-electron chi connectivity index (χ0n) is 7.67. The molecular weight excluding hydrogens is 184 g/mol. The molecule has 0 aromatic carbocycles. The van der Waals surface area contributed by atoms with Crippen LogP contribution in [0.25, 0.3) is 0 Å². The minimum Gasteiger partial charge on any atom is -0.481 e. The van der Waals surface area contributed by atoms with Crippen LogP contribution in [-0.4, -0.2) is 21.0 Å². The van der Waals surface area contributed by atoms with Gasteiger partial charge in [0.25, 0.3) is 0 Å². The molecule has 0 atom stereocenters. The monoisotopic (exact) mass is 196 g/mol. The number of aliphatic carboxylic acids is 1. The first-order valence-corrected chi connectivity index (χ1v) is 4.69. The number of aromatic amines is 2. The maximum absolute atomic E-state index is 11.0. The van der Waals surface area contributed by atoms with Gasteiger partial charge in [0, 0.05) is 11.6 Å². The summed E-state index contributed by atoms with van der Waals surface area (Å²) in [5, 5.41) is 8.64. The lowest BCUT2D eigenvalue weighted by molar-refractivity contribution is -0.136. The van der Waals surface area contributed by atoms with Gasteiger partial charge in [0.1, 0.15) is 0 Å². The molecule has 5 heteroatoms. The Morgan fingerprint density at radius 3 is 2.64 bits per heavy atom. The van der Waals surface area contributed by atoms with Crippen molar-refractivity contribution < 1.29 is 9.90 Å². The summed E-state index contributed by atoms with van der Waals surface area (Å²) in [5.74, 6) is -0.566. The first-order chi connectivity index (χ1) is 6.66. The molecule has 0 unspecified atom stereocenters. The minimum atomic E-state index is -0.916. The Kier molecular flexibility index (Phi) is 2.15. The summed E-state index contributed by atoms with van der Waals surface area (Å²) in [6.07, 6.45) is 3.13. The molecule has 0 bridgehead atoms. The summed E-state index contributed by atoms with van der Waals surface area (Å²) in [6.45, 7) is 0. The first-order valence-electron chi connectivity index (χ1n) is 4.69. The Bertz CT molecular complexity index is 400. The Balaban J connectivity index is 2.27. The Morgan fingerprint density at radius 1 is 1.43 bits per heavy atom. The van der Waals surface area contributed by atoms with Gasteiger partial charge in [-0.1, -0.05) is 6.42 Å². The van der Waals surface area contributed by atoms with Gasteiger partial charge < -0.3 is 15.1 Å². The summed E-state index contributed by atoms with van der Waals surface area (Å²) in [5.41, 5.74) is 1.03. The van der Waals surface area contributed by atoms with Gasteiger partial charge in [0.15, 0.2) is 0 Å². The molecule has 0 saturated heterocycles. The van der Waals surface area contributed by atoms with Gasteiger partial charge in [-0.2, -0.15) is 0 Å². The van der Waals surface area contributed by atoms with Gasteiger partial charge >= 0.3 is 11.7 Å². The van der Waals surface area contributed by atoms with Crippen LogP contribution < -0.4 is 5.69 Å². The highest BCUT2D eigenvalue weighted by Crippen LogP contribution is 2.36. The minimum absolute atomic E-state index is 0.107. The van der Waals surface area contributed by atoms with Gasteiger partial charge in [-0.15, -0.1) is 0 Å². The molecule has 3 N–H and O–H groups in total. The van der Waals surface area contributed by atoms with Crippen molar-refractivity contribution >= 4 is 5.97 Å². The second-order valence-corrected chi connectivity index (χ2v) is 3.67. The first kappa shape index (κ1) is 9.05. The summed E-state index contributed by atoms with van der Waals surface area (Å²) >= 11 is 0. The molecule has 0 spiro atoms. The van der Waals surface area contributed by atoms with Crippen LogP contribution in [0.5, 0.6) is 0 Å². The lowest BCUT2D eigenvalue weighted by Crippen LogP contribution is -2.13. The van der Waals surface area contributed by atoms with E-state index in [1.807, 2.05) is 0 Å². The fourth-order valence-corrected chi connectivity index (χ4v) is 1.77. The number of carboxylic acid groups (broad SMARTS) is 1. The van der Waals surface area contributed by atoms with E-state index in [0.29, 0.717) is 11.6 Å². The number of H-pyrrole nitrogens is 2. The second kappa shape index (κ2) is 3.32. The molecule has 1 fully saturated rings. The number of aromatic nitrogens is 2. The van der Waals surface area contributed by atoms with Crippen LogP contribution in [0.2, 0.25) is 0 Å². The third-order valence-corrected chi connectivity index (χ3v) is 2.68. The van der Waals surface area contributed by atoms with Crippen LogP contribution in [-0.2, 0) is 11.2 Å². The Morgan fingerprint density at radius 2 is 2.14 bits per heavy atom. The van der Waals surface area contributed by atoms with Crippen molar-refractivity contribution in [2.24, 2.45) is 0 Å². The Labute approximate surface area is 80.2 Å². The molecule has 1 heterocycles. The largest absolute Gasteiger partial charge is 0.481 e. The van der Waals surface area contributed by atoms with Crippen LogP contribution >= 0.6 is 0 Å². The number of imidazole rings is 1. The molecule has 1 aliphatic rings. The number of carbonyl (C=O) groups is 1. The number of hydrogen-bond acceptors (Lipinski definition) is 2. The lowest BCUT2D eigenvalue weighted by atomic mass is 9.82. The van der Waals surface area contributed by atoms with Crippen molar-refractivity contribution in [2.75, 3.05) is 0 Å². The second-order valence-electron chi connectivity index (χ2n) is 3.67. The summed E-state index contributed by atoms with van der Waals surface area (Å²) in [7, 11) is 0. The van der Waals surface area contributed by atoms with Gasteiger partial charge in [-0.25, -0.2) is 4.79 Å². The van der Waals surface area contributed by atoms with Gasteiger partial charge in [-0.3, -0.25) is 4.79 Å². The van der Waals surface area contributed by atoms with Gasteiger partial charge in [0.05, 0.1) is 12.1 Å². The molecule has 0 aliphatic heterocycles. The molecule has 14 heavy (non-hydrogen) atoms. The zero-order chi connectivity index (χ0) is 10.1. The van der Waals surface area contributed by atoms with Crippen LogP contribution in [0.3, 0.4) is 0 Å². The predicted octanol–water partition coefficient (Wildman–Crippen LogP) is 0.598. The number of nitrogens with one attached hydrogen (secondary N) is 2. The van der Waals surface area contributed by atoms with Crippen LogP contribution in [0, 0.1) is 0 Å². The molecule has 0 radical (unpaired) electrons. The Hall–Kier alpha value is -1.52. The highest BCUT2D eigenvalue weighted by molar-refractivity contribution is 5.69. The van der Waals surface area contributed by atoms with E-state index >= 15 is 0 Å². The van der Waals surface area contributed by atoms with E-state index in [0.717, 1.165) is 25.0 Å². The van der Waals surface area contributed by atoms with Crippen molar-refractivity contribution in [3.05, 3.63) is 21.9 Å². The molecule has 0 amide bonds. The maximum atomic E-state index is 11.0. The molecule has 1 aromatic rings. The van der Waals surface area contributed by atoms with E-state index in [4.69, 9.17) is 5.11 Å². The van der Waals surface area contributed by atoms with E-state index in [-0.39, 0.29) is 12.1 Å². The van der Waals surface area contributed by atoms with Crippen molar-refractivity contribution in [2.45, 2.75) is 31.6 Å². The SMILES string of the molecule is O=C(O)Cc1[nH]c(=O)[nH]c1C1CCC1. The third kappa shape index (κ3) is 1.57. The molecule has 76 valence electrons. The van der Waals surface area contributed by atoms with E-state index in [1.54, 1.807) is 0 Å². The van der Waals surface area contributed by atoms with E-state index in [2.05, 4.69) is 9.97 Å². The third-order valence-electron chi connectivity index (χ3n) is 2.68. The zero-order valence-corrected chi connectivity index (χ0v) is 7.67. The lowest BCUT2D eigenvalue weighted by Gasteiger charge is -2.24. The van der Waals surface area contributed by atoms with Crippen molar-refractivity contribution in [1.29, 1.82) is 0 Å². The van der Waals surface area contributed by atoms with Crippen LogP contribution in [0.1, 0.15) is 36.6 Å². The van der Waals surface area contributed by atoms with Crippen LogP contribution in [0.15, 0.2) is 4.79 Å². The smallest absolute Gasteiger partial charge is 0.323 e. The highest BCUT2D eigenvalue weighted by atomic mass is 16.4. The topological polar surface area (TPSA) is 85.9 Å². The van der Waals surface area contributed by atoms with Gasteiger partial charge in [-0.05, 0) is 12.8 Å². The van der Waals surface area contributed by atoms with Crippen LogP contribution in [0.4, 0.5) is 0 Å². The fourth-order valence-electron chi connectivity index (χ4n) is 1.77. The standard InChI is InChI=1S/C9H12N2O3/c12-7(13)4-6-8(5-2-1-3-5)11-9(14)10-6/h5H,1-4H2,(H,12,13)(H2,10,11,14). The molecular formula is C9H12N2O3. The predicted molar refractivity (Wildman–Crippen MR) is 49.3 cm³/mol. The normalized spacial score (nSPS) is 16.6. The van der Waals surface area contributed by atoms with Crippen molar-refractivity contribution in [1.82, 2.24) is 9.97 Å². The summed E-state index contributed by atoms with van der Waals surface area (Å²) < 4.78 is 0. The number of rotatable bonds is 3. The molecule has 1 aliphatic carbocycles. The summed E-state index contributed by atoms with van der Waals surface area (Å²) in [4.78, 5) is 26.8. The van der Waals surface area contributed by atoms with E-state index < -0.39 is 5.97 Å². The average molecular weight is 196 g/mol. The quantitative estimate of drug-likeness (QED) is 0.661. The molecule has 1 aromatic heterocycles. The van der Waals surface area contributed by atoms with E-state index in [9.17, 15) is 9.59 Å². The highest BCUT2D eigenvalue weighted by Gasteiger charge is 2.25. The summed E-state index contributed by atoms with van der Waals surface area (Å²) in [6, 6.07) is 0. The number of hydrogen-bond donors (Lipinski definition) is 3. The molecule has 2 rings (SSSR count). The molecule has 5 nitrogen and oxygen atoms in total. The van der Waals surface area contributed by atoms with Crippen molar-refractivity contribution in [3.8, 4) is 0 Å². The van der Waals surface area contributed by atoms with Gasteiger partial charge in [0.2, 0.25) is 0 Å². The fraction of sp³-hybridized carbons (Fsp3) is 0.556. The molecule has 1 saturated carbocycles. The average Bonchev–Trinajstić information content (AvgIpc) is 2.26.